The van der Waals surface area contributed by atoms with E-state index >= 15 is 0 Å². The molecule has 1 nitrogen and oxygen atoms in total. The minimum absolute atomic E-state index is 1.38. The second-order valence-electron chi connectivity index (χ2n) is 3.52. The van der Waals surface area contributed by atoms with E-state index in [2.05, 4.69) is 55.5 Å². The van der Waals surface area contributed by atoms with Gasteiger partial charge in [0.05, 0.1) is 0 Å². The second-order valence-corrected chi connectivity index (χ2v) is 16.7. The van der Waals surface area contributed by atoms with E-state index in [1.807, 2.05) is 0 Å². The molecule has 0 saturated carbocycles. The third kappa shape index (κ3) is 1.48. The van der Waals surface area contributed by atoms with Crippen LogP contribution in [0.5, 0.6) is 0 Å². The minimum atomic E-state index is -2.20. The van der Waals surface area contributed by atoms with Crippen molar-refractivity contribution >= 4 is 0 Å². The van der Waals surface area contributed by atoms with Gasteiger partial charge in [0.1, 0.15) is 0 Å². The molecule has 85 valence electrons. The molecule has 0 N–H and O–H groups in total. The molecule has 1 aromatic rings. The van der Waals surface area contributed by atoms with E-state index in [0.29, 0.717) is 0 Å². The topological polar surface area (TPSA) is 4.93 Å². The summed E-state index contributed by atoms with van der Waals surface area (Å²) in [4.78, 5) is 0. The van der Waals surface area contributed by atoms with Crippen molar-refractivity contribution in [3.05, 3.63) is 24.5 Å². The average molecular weight is 283 g/mol. The maximum atomic E-state index is 2.61. The van der Waals surface area contributed by atoms with E-state index < -0.39 is 13.8 Å². The van der Waals surface area contributed by atoms with Crippen molar-refractivity contribution in [2.24, 2.45) is 0 Å². The van der Waals surface area contributed by atoms with Crippen molar-refractivity contribution in [2.75, 3.05) is 0 Å². The molecule has 0 aliphatic heterocycles. The van der Waals surface area contributed by atoms with Gasteiger partial charge in [0.2, 0.25) is 0 Å². The van der Waals surface area contributed by atoms with Crippen molar-refractivity contribution in [1.82, 2.24) is 3.31 Å². The summed E-state index contributed by atoms with van der Waals surface area (Å²) in [5, 5.41) is 5.54. The van der Waals surface area contributed by atoms with Gasteiger partial charge in [-0.15, -0.1) is 0 Å². The Morgan fingerprint density at radius 1 is 0.786 bits per heavy atom. The number of hydrogen-bond donors (Lipinski definition) is 0. The summed E-state index contributed by atoms with van der Waals surface area (Å²) >= 11 is -2.20. The summed E-state index contributed by atoms with van der Waals surface area (Å²) in [5.41, 5.74) is 0. The van der Waals surface area contributed by atoms with Crippen molar-refractivity contribution < 1.29 is 13.8 Å². The van der Waals surface area contributed by atoms with Gasteiger partial charge in [-0.3, -0.25) is 0 Å². The second kappa shape index (κ2) is 4.18. The van der Waals surface area contributed by atoms with Gasteiger partial charge in [0, 0.05) is 0 Å². The Morgan fingerprint density at radius 3 is 1.43 bits per heavy atom. The Hall–Kier alpha value is -0.0966. The predicted octanol–water partition coefficient (Wildman–Crippen LogP) is 4.69. The predicted molar refractivity (Wildman–Crippen MR) is 61.8 cm³/mol. The normalized spacial score (nSPS) is 15.0. The maximum absolute atomic E-state index is 2.61. The molecule has 0 fully saturated rings. The first kappa shape index (κ1) is 12.0. The molecular weight excluding hydrogens is 259 g/mol. The molecule has 0 spiro atoms. The van der Waals surface area contributed by atoms with Crippen LogP contribution in [0.4, 0.5) is 0 Å². The van der Waals surface area contributed by atoms with Crippen LogP contribution in [-0.2, 0) is 13.8 Å². The van der Waals surface area contributed by atoms with E-state index in [9.17, 15) is 0 Å². The van der Waals surface area contributed by atoms with Crippen LogP contribution in [0.15, 0.2) is 24.5 Å². The van der Waals surface area contributed by atoms with Gasteiger partial charge in [0.25, 0.3) is 0 Å². The zero-order valence-electron chi connectivity index (χ0n) is 9.94. The molecular formula is C12H24NRu. The molecule has 0 radical (unpaired) electrons. The van der Waals surface area contributed by atoms with Crippen LogP contribution < -0.4 is 0 Å². The van der Waals surface area contributed by atoms with Crippen molar-refractivity contribution in [1.29, 1.82) is 0 Å². The Labute approximate surface area is 89.5 Å². The molecule has 1 rings (SSSR count). The average Bonchev–Trinajstić information content (AvgIpc) is 2.78. The van der Waals surface area contributed by atoms with Crippen LogP contribution >= 0.6 is 0 Å². The number of nitrogens with zero attached hydrogens (tertiary/aromatic N) is 1. The number of rotatable bonds is 5. The molecule has 1 heterocycles. The number of hydrogen-bond acceptors (Lipinski definition) is 0. The van der Waals surface area contributed by atoms with Crippen molar-refractivity contribution in [2.45, 2.75) is 47.8 Å². The van der Waals surface area contributed by atoms with Gasteiger partial charge in [-0.2, -0.15) is 0 Å². The molecule has 0 amide bonds. The Kier molecular flexibility index (Phi) is 3.58. The van der Waals surface area contributed by atoms with Crippen LogP contribution in [0.1, 0.15) is 27.7 Å². The summed E-state index contributed by atoms with van der Waals surface area (Å²) in [5.74, 6) is 0. The van der Waals surface area contributed by atoms with Crippen LogP contribution in [0.25, 0.3) is 0 Å². The summed E-state index contributed by atoms with van der Waals surface area (Å²) in [7, 11) is 0. The van der Waals surface area contributed by atoms with Crippen LogP contribution in [0.2, 0.25) is 20.1 Å². The van der Waals surface area contributed by atoms with Crippen molar-refractivity contribution in [3.8, 4) is 0 Å². The molecule has 2 heteroatoms. The Balaban J connectivity index is 3.28. The first-order valence-corrected chi connectivity index (χ1v) is 11.2. The van der Waals surface area contributed by atoms with E-state index in [0.717, 1.165) is 0 Å². The first-order chi connectivity index (χ1) is 6.67. The molecule has 0 aliphatic rings. The first-order valence-electron chi connectivity index (χ1n) is 5.50. The third-order valence-electron chi connectivity index (χ3n) is 3.65. The van der Waals surface area contributed by atoms with Gasteiger partial charge in [-0.1, -0.05) is 0 Å². The summed E-state index contributed by atoms with van der Waals surface area (Å²) in [6, 6.07) is 4.35. The molecule has 0 atom stereocenters. The van der Waals surface area contributed by atoms with E-state index in [4.69, 9.17) is 0 Å². The van der Waals surface area contributed by atoms with Gasteiger partial charge in [-0.25, -0.2) is 0 Å². The quantitative estimate of drug-likeness (QED) is 0.691. The fourth-order valence-electron chi connectivity index (χ4n) is 2.18. The van der Waals surface area contributed by atoms with Crippen LogP contribution in [0.3, 0.4) is 0 Å². The molecule has 1 aromatic heterocycles. The molecule has 0 bridgehead atoms. The van der Waals surface area contributed by atoms with Crippen molar-refractivity contribution in [3.63, 3.8) is 0 Å². The standard InChI is InChI=1S/C4H4N.4C2H5.Ru/c1-2-4-5-3-1;4*1-2;/h1-4H;4*1H2,2H3;/q-1;;;;;+1. The Morgan fingerprint density at radius 2 is 1.14 bits per heavy atom. The van der Waals surface area contributed by atoms with Gasteiger partial charge < -0.3 is 0 Å². The zero-order chi connectivity index (χ0) is 10.7. The Bertz CT molecular complexity index is 249. The molecule has 14 heavy (non-hydrogen) atoms. The number of aromatic nitrogens is 1. The van der Waals surface area contributed by atoms with E-state index in [-0.39, 0.29) is 0 Å². The molecule has 0 aromatic carbocycles. The van der Waals surface area contributed by atoms with Gasteiger partial charge in [-0.05, 0) is 0 Å². The molecule has 0 unspecified atom stereocenters. The SMILES string of the molecule is C[CH2][Ru]([CH2]C)([CH2]C)([CH2]C)[n]1cccc1. The monoisotopic (exact) mass is 284 g/mol. The van der Waals surface area contributed by atoms with Gasteiger partial charge >= 0.3 is 89.4 Å². The summed E-state index contributed by atoms with van der Waals surface area (Å²) in [6.45, 7) is 9.56. The van der Waals surface area contributed by atoms with E-state index in [1.165, 1.54) is 20.1 Å². The molecule has 0 saturated heterocycles. The van der Waals surface area contributed by atoms with E-state index in [1.54, 1.807) is 0 Å². The summed E-state index contributed by atoms with van der Waals surface area (Å²) < 4.78 is 2.61. The zero-order valence-corrected chi connectivity index (χ0v) is 11.7. The fraction of sp³-hybridized carbons (Fsp3) is 0.667. The van der Waals surface area contributed by atoms with Crippen LogP contribution in [0, 0.1) is 0 Å². The van der Waals surface area contributed by atoms with Crippen LogP contribution in [-0.4, -0.2) is 3.31 Å². The summed E-state index contributed by atoms with van der Waals surface area (Å²) in [6.07, 6.45) is 4.59. The third-order valence-corrected chi connectivity index (χ3v) is 19.3. The van der Waals surface area contributed by atoms with Gasteiger partial charge in [0.15, 0.2) is 0 Å². The fourth-order valence-corrected chi connectivity index (χ4v) is 11.7. The molecule has 0 aliphatic carbocycles.